The van der Waals surface area contributed by atoms with Crippen molar-refractivity contribution < 1.29 is 4.39 Å². The Morgan fingerprint density at radius 1 is 1.14 bits per heavy atom. The summed E-state index contributed by atoms with van der Waals surface area (Å²) in [6.45, 7) is 2.51. The number of hydrogen-bond acceptors (Lipinski definition) is 2. The largest absolute Gasteiger partial charge is 0.368 e. The SMILES string of the molecule is Fc1ccc2c(ccn2Cc2cccc(C3=NCCN3)c2)c1. The van der Waals surface area contributed by atoms with E-state index in [9.17, 15) is 4.39 Å². The fourth-order valence-electron chi connectivity index (χ4n) is 2.91. The third-order valence-corrected chi connectivity index (χ3v) is 3.96. The number of hydrogen-bond donors (Lipinski definition) is 1. The fraction of sp³-hybridized carbons (Fsp3) is 0.167. The van der Waals surface area contributed by atoms with Crippen molar-refractivity contribution in [1.29, 1.82) is 0 Å². The summed E-state index contributed by atoms with van der Waals surface area (Å²) in [5, 5.41) is 4.23. The average Bonchev–Trinajstić information content (AvgIpc) is 3.18. The quantitative estimate of drug-likeness (QED) is 0.789. The number of halogens is 1. The highest BCUT2D eigenvalue weighted by atomic mass is 19.1. The Bertz CT molecular complexity index is 864. The van der Waals surface area contributed by atoms with Gasteiger partial charge >= 0.3 is 0 Å². The molecule has 3 nitrogen and oxygen atoms in total. The van der Waals surface area contributed by atoms with Crippen molar-refractivity contribution in [2.24, 2.45) is 4.99 Å². The highest BCUT2D eigenvalue weighted by Gasteiger charge is 2.09. The molecule has 2 aromatic carbocycles. The van der Waals surface area contributed by atoms with E-state index in [0.29, 0.717) is 0 Å². The zero-order chi connectivity index (χ0) is 14.9. The van der Waals surface area contributed by atoms with Crippen LogP contribution in [-0.4, -0.2) is 23.5 Å². The lowest BCUT2D eigenvalue weighted by atomic mass is 10.1. The lowest BCUT2D eigenvalue weighted by Gasteiger charge is -2.08. The van der Waals surface area contributed by atoms with Crippen LogP contribution in [0.5, 0.6) is 0 Å². The van der Waals surface area contributed by atoms with E-state index in [1.807, 2.05) is 18.3 Å². The molecule has 0 bridgehead atoms. The van der Waals surface area contributed by atoms with Gasteiger partial charge in [-0.05, 0) is 35.9 Å². The van der Waals surface area contributed by atoms with E-state index in [2.05, 4.69) is 39.1 Å². The summed E-state index contributed by atoms with van der Waals surface area (Å²) in [5.74, 6) is 0.777. The van der Waals surface area contributed by atoms with Gasteiger partial charge in [0.15, 0.2) is 0 Å². The van der Waals surface area contributed by atoms with Crippen LogP contribution in [0.2, 0.25) is 0 Å². The number of aliphatic imine (C=N–C) groups is 1. The lowest BCUT2D eigenvalue weighted by molar-refractivity contribution is 0.629. The van der Waals surface area contributed by atoms with Crippen molar-refractivity contribution in [2.45, 2.75) is 6.54 Å². The second-order valence-electron chi connectivity index (χ2n) is 5.50. The van der Waals surface area contributed by atoms with Crippen LogP contribution in [-0.2, 0) is 6.54 Å². The molecule has 0 saturated heterocycles. The zero-order valence-electron chi connectivity index (χ0n) is 12.1. The Balaban J connectivity index is 1.66. The van der Waals surface area contributed by atoms with Gasteiger partial charge in [-0.15, -0.1) is 0 Å². The molecule has 110 valence electrons. The summed E-state index contributed by atoms with van der Waals surface area (Å²) < 4.78 is 15.4. The monoisotopic (exact) mass is 293 g/mol. The minimum atomic E-state index is -0.197. The van der Waals surface area contributed by atoms with Crippen LogP contribution in [0, 0.1) is 5.82 Å². The molecule has 0 atom stereocenters. The number of amidine groups is 1. The van der Waals surface area contributed by atoms with E-state index >= 15 is 0 Å². The topological polar surface area (TPSA) is 29.3 Å². The van der Waals surface area contributed by atoms with Gasteiger partial charge in [0.25, 0.3) is 0 Å². The number of nitrogens with one attached hydrogen (secondary N) is 1. The number of benzene rings is 2. The van der Waals surface area contributed by atoms with Crippen LogP contribution in [0.15, 0.2) is 59.7 Å². The first-order chi connectivity index (χ1) is 10.8. The second-order valence-corrected chi connectivity index (χ2v) is 5.50. The van der Waals surface area contributed by atoms with Crippen LogP contribution in [0.3, 0.4) is 0 Å². The van der Waals surface area contributed by atoms with E-state index in [1.165, 1.54) is 11.6 Å². The first-order valence-electron chi connectivity index (χ1n) is 7.42. The summed E-state index contributed by atoms with van der Waals surface area (Å²) in [6, 6.07) is 15.2. The summed E-state index contributed by atoms with van der Waals surface area (Å²) in [5.41, 5.74) is 3.37. The first kappa shape index (κ1) is 13.1. The minimum Gasteiger partial charge on any atom is -0.368 e. The van der Waals surface area contributed by atoms with E-state index in [-0.39, 0.29) is 5.82 Å². The van der Waals surface area contributed by atoms with Gasteiger partial charge in [-0.1, -0.05) is 18.2 Å². The summed E-state index contributed by atoms with van der Waals surface area (Å²) in [6.07, 6.45) is 2.00. The Hall–Kier alpha value is -2.62. The van der Waals surface area contributed by atoms with Crippen LogP contribution >= 0.6 is 0 Å². The number of aromatic nitrogens is 1. The van der Waals surface area contributed by atoms with Crippen molar-refractivity contribution in [2.75, 3.05) is 13.1 Å². The van der Waals surface area contributed by atoms with Gasteiger partial charge in [-0.2, -0.15) is 0 Å². The predicted molar refractivity (Wildman–Crippen MR) is 86.8 cm³/mol. The van der Waals surface area contributed by atoms with Gasteiger partial charge in [0, 0.05) is 35.8 Å². The zero-order valence-corrected chi connectivity index (χ0v) is 12.1. The Kier molecular flexibility index (Phi) is 3.15. The maximum Gasteiger partial charge on any atom is 0.128 e. The molecule has 0 aliphatic carbocycles. The predicted octanol–water partition coefficient (Wildman–Crippen LogP) is 3.18. The smallest absolute Gasteiger partial charge is 0.128 e. The molecule has 0 amide bonds. The Morgan fingerprint density at radius 2 is 2.09 bits per heavy atom. The molecule has 3 aromatic rings. The Morgan fingerprint density at radius 3 is 2.95 bits per heavy atom. The molecule has 1 aliphatic heterocycles. The maximum absolute atomic E-state index is 13.3. The van der Waals surface area contributed by atoms with Gasteiger partial charge in [0.2, 0.25) is 0 Å². The number of nitrogens with zero attached hydrogens (tertiary/aromatic N) is 2. The van der Waals surface area contributed by atoms with Crippen molar-refractivity contribution in [3.63, 3.8) is 0 Å². The average molecular weight is 293 g/mol. The van der Waals surface area contributed by atoms with E-state index < -0.39 is 0 Å². The molecular weight excluding hydrogens is 277 g/mol. The third-order valence-electron chi connectivity index (χ3n) is 3.96. The molecule has 0 saturated carbocycles. The van der Waals surface area contributed by atoms with Crippen LogP contribution in [0.1, 0.15) is 11.1 Å². The van der Waals surface area contributed by atoms with Crippen molar-refractivity contribution in [1.82, 2.24) is 9.88 Å². The molecule has 1 aromatic heterocycles. The fourth-order valence-corrected chi connectivity index (χ4v) is 2.91. The molecular formula is C18H16FN3. The highest BCUT2D eigenvalue weighted by molar-refractivity contribution is 5.99. The van der Waals surface area contributed by atoms with E-state index in [0.717, 1.165) is 41.9 Å². The molecule has 0 spiro atoms. The second kappa shape index (κ2) is 5.30. The van der Waals surface area contributed by atoms with Crippen LogP contribution in [0.25, 0.3) is 10.9 Å². The number of fused-ring (bicyclic) bond motifs is 1. The van der Waals surface area contributed by atoms with Gasteiger partial charge in [0.05, 0.1) is 6.54 Å². The third kappa shape index (κ3) is 2.37. The molecule has 22 heavy (non-hydrogen) atoms. The van der Waals surface area contributed by atoms with Crippen molar-refractivity contribution >= 4 is 16.7 Å². The van der Waals surface area contributed by atoms with Gasteiger partial charge in [-0.3, -0.25) is 4.99 Å². The van der Waals surface area contributed by atoms with E-state index in [4.69, 9.17) is 0 Å². The van der Waals surface area contributed by atoms with Gasteiger partial charge in [-0.25, -0.2) is 4.39 Å². The summed E-state index contributed by atoms with van der Waals surface area (Å²) >= 11 is 0. The first-order valence-corrected chi connectivity index (χ1v) is 7.42. The molecule has 4 rings (SSSR count). The molecule has 0 fully saturated rings. The molecule has 0 unspecified atom stereocenters. The van der Waals surface area contributed by atoms with Crippen LogP contribution in [0.4, 0.5) is 4.39 Å². The molecule has 1 aliphatic rings. The Labute approximate surface area is 128 Å². The van der Waals surface area contributed by atoms with Crippen molar-refractivity contribution in [3.05, 3.63) is 71.7 Å². The minimum absolute atomic E-state index is 0.197. The normalized spacial score (nSPS) is 14.1. The molecule has 1 N–H and O–H groups in total. The standard InChI is InChI=1S/C18H16FN3/c19-16-4-5-17-14(11-16)6-9-22(17)12-13-2-1-3-15(10-13)18-20-7-8-21-18/h1-6,9-11H,7-8,12H2,(H,20,21). The van der Waals surface area contributed by atoms with Gasteiger partial charge < -0.3 is 9.88 Å². The lowest BCUT2D eigenvalue weighted by Crippen LogP contribution is -2.19. The van der Waals surface area contributed by atoms with Crippen molar-refractivity contribution in [3.8, 4) is 0 Å². The van der Waals surface area contributed by atoms with Gasteiger partial charge in [0.1, 0.15) is 11.7 Å². The maximum atomic E-state index is 13.3. The summed E-state index contributed by atoms with van der Waals surface area (Å²) in [4.78, 5) is 4.46. The van der Waals surface area contributed by atoms with Crippen LogP contribution < -0.4 is 5.32 Å². The molecule has 4 heteroatoms. The van der Waals surface area contributed by atoms with E-state index in [1.54, 1.807) is 6.07 Å². The highest BCUT2D eigenvalue weighted by Crippen LogP contribution is 2.19. The molecule has 0 radical (unpaired) electrons. The summed E-state index contributed by atoms with van der Waals surface area (Å²) in [7, 11) is 0. The molecule has 2 heterocycles. The number of rotatable bonds is 3.